The fraction of sp³-hybridized carbons (Fsp3) is 0.462. The summed E-state index contributed by atoms with van der Waals surface area (Å²) in [6, 6.07) is 2.99. The number of alkyl halides is 3. The average molecular weight is 325 g/mol. The quantitative estimate of drug-likeness (QED) is 0.754. The molecule has 0 saturated heterocycles. The minimum atomic E-state index is -4.58. The van der Waals surface area contributed by atoms with Crippen LogP contribution in [0.3, 0.4) is 0 Å². The van der Waals surface area contributed by atoms with Gasteiger partial charge in [0.15, 0.2) is 0 Å². The van der Waals surface area contributed by atoms with E-state index in [1.165, 1.54) is 6.07 Å². The van der Waals surface area contributed by atoms with Crippen molar-refractivity contribution in [1.29, 1.82) is 0 Å². The van der Waals surface area contributed by atoms with Gasteiger partial charge in [-0.15, -0.1) is 0 Å². The molecule has 0 saturated carbocycles. The maximum Gasteiger partial charge on any atom is 0.417 e. The van der Waals surface area contributed by atoms with Gasteiger partial charge in [0.2, 0.25) is 5.91 Å². The molecule has 0 fully saturated rings. The molecule has 0 aliphatic heterocycles. The lowest BCUT2D eigenvalue weighted by Crippen LogP contribution is -2.32. The number of carbonyl (C=O) groups is 1. The zero-order valence-electron chi connectivity index (χ0n) is 11.3. The van der Waals surface area contributed by atoms with Gasteiger partial charge >= 0.3 is 6.18 Å². The Hall–Kier alpha value is -1.31. The highest BCUT2D eigenvalue weighted by molar-refractivity contribution is 6.31. The van der Waals surface area contributed by atoms with Gasteiger partial charge in [0.05, 0.1) is 17.2 Å². The fourth-order valence-corrected chi connectivity index (χ4v) is 1.92. The maximum atomic E-state index is 12.7. The smallest absolute Gasteiger partial charge is 0.395 e. The van der Waals surface area contributed by atoms with E-state index in [0.717, 1.165) is 12.1 Å². The summed E-state index contributed by atoms with van der Waals surface area (Å²) in [7, 11) is 0. The lowest BCUT2D eigenvalue weighted by atomic mass is 10.1. The first-order valence-electron chi connectivity index (χ1n) is 6.25. The molecule has 0 aliphatic carbocycles. The molecular weight excluding hydrogens is 309 g/mol. The molecule has 0 spiro atoms. The molecular formula is C13H16ClF3N2O2. The summed E-state index contributed by atoms with van der Waals surface area (Å²) in [6.45, 7) is 2.02. The van der Waals surface area contributed by atoms with Crippen LogP contribution in [0.25, 0.3) is 0 Å². The van der Waals surface area contributed by atoms with E-state index in [9.17, 15) is 18.0 Å². The monoisotopic (exact) mass is 324 g/mol. The number of amides is 1. The van der Waals surface area contributed by atoms with Crippen LogP contribution in [0.1, 0.15) is 18.9 Å². The molecule has 3 N–H and O–H groups in total. The molecule has 0 bridgehead atoms. The van der Waals surface area contributed by atoms with Crippen molar-refractivity contribution in [2.75, 3.05) is 18.5 Å². The number of hydrogen-bond donors (Lipinski definition) is 3. The summed E-state index contributed by atoms with van der Waals surface area (Å²) >= 11 is 5.49. The SMILES string of the molecule is CC(CC(=O)Nc1ccc(Cl)c(C(F)(F)F)c1)NCCO. The first-order valence-corrected chi connectivity index (χ1v) is 6.62. The van der Waals surface area contributed by atoms with Crippen LogP contribution in [0.2, 0.25) is 5.02 Å². The van der Waals surface area contributed by atoms with E-state index in [0.29, 0.717) is 6.54 Å². The van der Waals surface area contributed by atoms with Crippen molar-refractivity contribution in [2.45, 2.75) is 25.6 Å². The molecule has 118 valence electrons. The second-order valence-corrected chi connectivity index (χ2v) is 4.93. The highest BCUT2D eigenvalue weighted by atomic mass is 35.5. The Kier molecular flexibility index (Phi) is 6.44. The van der Waals surface area contributed by atoms with Crippen molar-refractivity contribution < 1.29 is 23.1 Å². The molecule has 21 heavy (non-hydrogen) atoms. The summed E-state index contributed by atoms with van der Waals surface area (Å²) in [5, 5.41) is 13.5. The van der Waals surface area contributed by atoms with E-state index in [2.05, 4.69) is 10.6 Å². The van der Waals surface area contributed by atoms with Gasteiger partial charge in [0.25, 0.3) is 0 Å². The van der Waals surface area contributed by atoms with Crippen LogP contribution in [0.4, 0.5) is 18.9 Å². The largest absolute Gasteiger partial charge is 0.417 e. The topological polar surface area (TPSA) is 61.4 Å². The number of hydrogen-bond acceptors (Lipinski definition) is 3. The predicted molar refractivity (Wildman–Crippen MR) is 74.3 cm³/mol. The Labute approximate surface area is 125 Å². The molecule has 4 nitrogen and oxygen atoms in total. The minimum absolute atomic E-state index is 0.0334. The first kappa shape index (κ1) is 17.7. The molecule has 1 unspecified atom stereocenters. The van der Waals surface area contributed by atoms with Gasteiger partial charge in [0, 0.05) is 24.7 Å². The third kappa shape index (κ3) is 5.91. The standard InChI is InChI=1S/C13H16ClF3N2O2/c1-8(18-4-5-20)6-12(21)19-9-2-3-11(14)10(7-9)13(15,16)17/h2-3,7-8,18,20H,4-6H2,1H3,(H,19,21). The molecule has 0 radical (unpaired) electrons. The van der Waals surface area contributed by atoms with Gasteiger partial charge in [-0.1, -0.05) is 11.6 Å². The van der Waals surface area contributed by atoms with Crippen LogP contribution in [-0.4, -0.2) is 30.2 Å². The van der Waals surface area contributed by atoms with E-state index in [1.807, 2.05) is 0 Å². The normalized spacial score (nSPS) is 13.0. The van der Waals surface area contributed by atoms with Gasteiger partial charge in [-0.2, -0.15) is 13.2 Å². The average Bonchev–Trinajstić information content (AvgIpc) is 2.37. The molecule has 0 heterocycles. The molecule has 0 aromatic heterocycles. The molecule has 8 heteroatoms. The van der Waals surface area contributed by atoms with Crippen LogP contribution in [0.5, 0.6) is 0 Å². The van der Waals surface area contributed by atoms with Crippen LogP contribution in [0.15, 0.2) is 18.2 Å². The first-order chi connectivity index (χ1) is 9.74. The Morgan fingerprint density at radius 3 is 2.67 bits per heavy atom. The van der Waals surface area contributed by atoms with Crippen molar-refractivity contribution in [3.05, 3.63) is 28.8 Å². The second-order valence-electron chi connectivity index (χ2n) is 4.52. The van der Waals surface area contributed by atoms with Gasteiger partial charge in [0.1, 0.15) is 0 Å². The highest BCUT2D eigenvalue weighted by Crippen LogP contribution is 2.36. The van der Waals surface area contributed by atoms with E-state index in [-0.39, 0.29) is 24.8 Å². The van der Waals surface area contributed by atoms with Crippen LogP contribution < -0.4 is 10.6 Å². The number of benzene rings is 1. The van der Waals surface area contributed by atoms with Crippen molar-refractivity contribution >= 4 is 23.2 Å². The predicted octanol–water partition coefficient (Wildman–Crippen LogP) is 2.66. The number of aliphatic hydroxyl groups is 1. The van der Waals surface area contributed by atoms with Crippen LogP contribution >= 0.6 is 11.6 Å². The molecule has 1 aromatic carbocycles. The molecule has 1 amide bonds. The van der Waals surface area contributed by atoms with Gasteiger partial charge in [-0.25, -0.2) is 0 Å². The Balaban J connectivity index is 2.69. The van der Waals surface area contributed by atoms with Gasteiger partial charge in [-0.05, 0) is 25.1 Å². The number of halogens is 4. The highest BCUT2D eigenvalue weighted by Gasteiger charge is 2.33. The summed E-state index contributed by atoms with van der Waals surface area (Å²) in [4.78, 5) is 11.7. The number of nitrogens with one attached hydrogen (secondary N) is 2. The molecule has 1 aromatic rings. The van der Waals surface area contributed by atoms with Crippen molar-refractivity contribution in [3.63, 3.8) is 0 Å². The van der Waals surface area contributed by atoms with Crippen LogP contribution in [0, 0.1) is 0 Å². The number of rotatable bonds is 6. The van der Waals surface area contributed by atoms with E-state index >= 15 is 0 Å². The zero-order valence-corrected chi connectivity index (χ0v) is 12.1. The maximum absolute atomic E-state index is 12.7. The third-order valence-electron chi connectivity index (χ3n) is 2.65. The minimum Gasteiger partial charge on any atom is -0.395 e. The fourth-order valence-electron chi connectivity index (χ4n) is 1.69. The molecule has 0 aliphatic rings. The summed E-state index contributed by atoms with van der Waals surface area (Å²) in [6.07, 6.45) is -4.50. The van der Waals surface area contributed by atoms with Crippen molar-refractivity contribution in [2.24, 2.45) is 0 Å². The summed E-state index contributed by atoms with van der Waals surface area (Å²) < 4.78 is 38.1. The van der Waals surface area contributed by atoms with E-state index in [4.69, 9.17) is 16.7 Å². The van der Waals surface area contributed by atoms with E-state index < -0.39 is 22.7 Å². The van der Waals surface area contributed by atoms with Gasteiger partial charge < -0.3 is 15.7 Å². The Morgan fingerprint density at radius 2 is 2.10 bits per heavy atom. The lowest BCUT2D eigenvalue weighted by molar-refractivity contribution is -0.137. The Bertz CT molecular complexity index is 495. The second kappa shape index (κ2) is 7.63. The van der Waals surface area contributed by atoms with Gasteiger partial charge in [-0.3, -0.25) is 4.79 Å². The third-order valence-corrected chi connectivity index (χ3v) is 2.98. The van der Waals surface area contributed by atoms with E-state index in [1.54, 1.807) is 6.92 Å². The number of carbonyl (C=O) groups excluding carboxylic acids is 1. The number of aliphatic hydroxyl groups excluding tert-OH is 1. The summed E-state index contributed by atoms with van der Waals surface area (Å²) in [5.74, 6) is -0.427. The lowest BCUT2D eigenvalue weighted by Gasteiger charge is -2.14. The summed E-state index contributed by atoms with van der Waals surface area (Å²) in [5.41, 5.74) is -0.959. The Morgan fingerprint density at radius 1 is 1.43 bits per heavy atom. The van der Waals surface area contributed by atoms with Crippen LogP contribution in [-0.2, 0) is 11.0 Å². The van der Waals surface area contributed by atoms with Crippen molar-refractivity contribution in [1.82, 2.24) is 5.32 Å². The van der Waals surface area contributed by atoms with Crippen molar-refractivity contribution in [3.8, 4) is 0 Å². The number of anilines is 1. The molecule has 1 rings (SSSR count). The zero-order chi connectivity index (χ0) is 16.0. The molecule has 1 atom stereocenters.